The molecule has 166 valence electrons. The fourth-order valence-corrected chi connectivity index (χ4v) is 3.66. The Bertz CT molecular complexity index is 845. The van der Waals surface area contributed by atoms with Crippen LogP contribution in [0.4, 0.5) is 0 Å². The molecule has 11 heteroatoms. The lowest BCUT2D eigenvalue weighted by Crippen LogP contribution is -2.49. The molecule has 2 saturated heterocycles. The first-order valence-corrected chi connectivity index (χ1v) is 10.2. The van der Waals surface area contributed by atoms with Crippen LogP contribution in [0.5, 0.6) is 0 Å². The highest BCUT2D eigenvalue weighted by Crippen LogP contribution is 2.22. The van der Waals surface area contributed by atoms with Gasteiger partial charge in [0.15, 0.2) is 11.8 Å². The van der Waals surface area contributed by atoms with E-state index in [1.54, 1.807) is 4.68 Å². The zero-order chi connectivity index (χ0) is 20.2. The lowest BCUT2D eigenvalue weighted by Gasteiger charge is -2.35. The van der Waals surface area contributed by atoms with Crippen LogP contribution in [0.25, 0.3) is 0 Å². The predicted octanol–water partition coefficient (Wildman–Crippen LogP) is 1.17. The van der Waals surface area contributed by atoms with Crippen LogP contribution in [-0.2, 0) is 30.1 Å². The molecule has 2 aromatic heterocycles. The highest BCUT2D eigenvalue weighted by atomic mass is 127. The SMILES string of the molecule is Cc1nnc(CN=C(NCC2CCCO2)N2CCOC(c3cnn(C)c3)C2)n1C.I. The van der Waals surface area contributed by atoms with Gasteiger partial charge in [-0.25, -0.2) is 4.99 Å². The first-order chi connectivity index (χ1) is 14.1. The zero-order valence-electron chi connectivity index (χ0n) is 17.8. The Morgan fingerprint density at radius 1 is 1.27 bits per heavy atom. The van der Waals surface area contributed by atoms with Gasteiger partial charge in [-0.05, 0) is 19.8 Å². The molecule has 1 N–H and O–H groups in total. The summed E-state index contributed by atoms with van der Waals surface area (Å²) in [5.74, 6) is 2.58. The van der Waals surface area contributed by atoms with Gasteiger partial charge >= 0.3 is 0 Å². The lowest BCUT2D eigenvalue weighted by atomic mass is 10.1. The van der Waals surface area contributed by atoms with E-state index in [2.05, 4.69) is 25.5 Å². The molecule has 0 radical (unpaired) electrons. The van der Waals surface area contributed by atoms with Crippen molar-refractivity contribution in [2.24, 2.45) is 19.1 Å². The number of aliphatic imine (C=N–C) groups is 1. The van der Waals surface area contributed by atoms with E-state index in [0.29, 0.717) is 13.2 Å². The Morgan fingerprint density at radius 3 is 2.80 bits per heavy atom. The predicted molar refractivity (Wildman–Crippen MR) is 123 cm³/mol. The number of ether oxygens (including phenoxy) is 2. The van der Waals surface area contributed by atoms with Crippen molar-refractivity contribution in [1.82, 2.24) is 34.8 Å². The van der Waals surface area contributed by atoms with Crippen LogP contribution in [0.3, 0.4) is 0 Å². The molecule has 2 fully saturated rings. The Kier molecular flexibility index (Phi) is 8.06. The van der Waals surface area contributed by atoms with Gasteiger partial charge in [-0.3, -0.25) is 4.68 Å². The lowest BCUT2D eigenvalue weighted by molar-refractivity contribution is -0.00834. The van der Waals surface area contributed by atoms with Gasteiger partial charge in [-0.15, -0.1) is 34.2 Å². The Hall–Kier alpha value is -1.73. The molecule has 30 heavy (non-hydrogen) atoms. The maximum Gasteiger partial charge on any atom is 0.194 e. The van der Waals surface area contributed by atoms with Crippen LogP contribution in [0.2, 0.25) is 0 Å². The van der Waals surface area contributed by atoms with Crippen LogP contribution >= 0.6 is 24.0 Å². The molecule has 0 spiro atoms. The van der Waals surface area contributed by atoms with Gasteiger partial charge in [0.2, 0.25) is 0 Å². The molecule has 2 unspecified atom stereocenters. The summed E-state index contributed by atoms with van der Waals surface area (Å²) in [6.45, 7) is 6.16. The largest absolute Gasteiger partial charge is 0.376 e. The van der Waals surface area contributed by atoms with Gasteiger partial charge in [0.25, 0.3) is 0 Å². The van der Waals surface area contributed by atoms with Crippen molar-refractivity contribution >= 4 is 29.9 Å². The number of aromatic nitrogens is 5. The monoisotopic (exact) mass is 530 g/mol. The van der Waals surface area contributed by atoms with Gasteiger partial charge in [0, 0.05) is 45.6 Å². The van der Waals surface area contributed by atoms with Crippen molar-refractivity contribution < 1.29 is 9.47 Å². The summed E-state index contributed by atoms with van der Waals surface area (Å²) in [6.07, 6.45) is 6.30. The molecule has 4 rings (SSSR count). The van der Waals surface area contributed by atoms with Gasteiger partial charge < -0.3 is 24.3 Å². The number of hydrogen-bond acceptors (Lipinski definition) is 6. The van der Waals surface area contributed by atoms with Gasteiger partial charge in [-0.2, -0.15) is 5.10 Å². The van der Waals surface area contributed by atoms with Crippen LogP contribution in [0, 0.1) is 6.92 Å². The standard InChI is InChI=1S/C19H30N8O2.HI/c1-14-23-24-18(26(14)3)11-21-19(20-10-16-5-4-7-28-16)27-6-8-29-17(13-27)15-9-22-25(2)12-15;/h9,12,16-17H,4-8,10-11,13H2,1-3H3,(H,20,21);1H. The summed E-state index contributed by atoms with van der Waals surface area (Å²) in [4.78, 5) is 7.11. The molecule has 0 aromatic carbocycles. The smallest absolute Gasteiger partial charge is 0.194 e. The van der Waals surface area contributed by atoms with E-state index < -0.39 is 0 Å². The second kappa shape index (κ2) is 10.5. The fourth-order valence-electron chi connectivity index (χ4n) is 3.66. The van der Waals surface area contributed by atoms with Crippen molar-refractivity contribution in [2.45, 2.75) is 38.5 Å². The van der Waals surface area contributed by atoms with Gasteiger partial charge in [0.05, 0.1) is 25.5 Å². The van der Waals surface area contributed by atoms with Crippen molar-refractivity contribution in [3.63, 3.8) is 0 Å². The summed E-state index contributed by atoms with van der Waals surface area (Å²) in [5, 5.41) is 16.2. The Morgan fingerprint density at radius 2 is 2.13 bits per heavy atom. The molecule has 2 aliphatic heterocycles. The van der Waals surface area contributed by atoms with Crippen molar-refractivity contribution in [2.75, 3.05) is 32.8 Å². The number of rotatable bonds is 5. The number of guanidine groups is 1. The normalized spacial score (nSPS) is 22.2. The van der Waals surface area contributed by atoms with E-state index >= 15 is 0 Å². The van der Waals surface area contributed by atoms with Crippen molar-refractivity contribution in [3.8, 4) is 0 Å². The molecular weight excluding hydrogens is 499 g/mol. The number of halogens is 1. The van der Waals surface area contributed by atoms with E-state index in [0.717, 1.165) is 62.3 Å². The number of hydrogen-bond donors (Lipinski definition) is 1. The molecule has 2 atom stereocenters. The molecule has 2 aliphatic rings. The molecule has 0 amide bonds. The molecule has 0 aliphatic carbocycles. The third-order valence-corrected chi connectivity index (χ3v) is 5.53. The Balaban J connectivity index is 0.00000256. The Labute approximate surface area is 194 Å². The van der Waals surface area contributed by atoms with E-state index in [9.17, 15) is 0 Å². The summed E-state index contributed by atoms with van der Waals surface area (Å²) < 4.78 is 15.5. The number of aryl methyl sites for hydroxylation is 2. The van der Waals surface area contributed by atoms with Crippen LogP contribution in [-0.4, -0.2) is 74.4 Å². The second-order valence-electron chi connectivity index (χ2n) is 7.63. The van der Waals surface area contributed by atoms with Crippen molar-refractivity contribution in [3.05, 3.63) is 29.6 Å². The maximum atomic E-state index is 5.99. The molecule has 4 heterocycles. The van der Waals surface area contributed by atoms with Crippen LogP contribution < -0.4 is 5.32 Å². The molecular formula is C19H31IN8O2. The third-order valence-electron chi connectivity index (χ3n) is 5.53. The maximum absolute atomic E-state index is 5.99. The first kappa shape index (κ1) is 22.9. The minimum atomic E-state index is -0.0238. The number of morpholine rings is 1. The average molecular weight is 530 g/mol. The summed E-state index contributed by atoms with van der Waals surface area (Å²) >= 11 is 0. The summed E-state index contributed by atoms with van der Waals surface area (Å²) in [6, 6.07) is 0. The fraction of sp³-hybridized carbons (Fsp3) is 0.684. The zero-order valence-corrected chi connectivity index (χ0v) is 20.2. The number of nitrogens with one attached hydrogen (secondary N) is 1. The van der Waals surface area contributed by atoms with E-state index in [4.69, 9.17) is 14.5 Å². The van der Waals surface area contributed by atoms with E-state index in [1.807, 2.05) is 38.0 Å². The van der Waals surface area contributed by atoms with Gasteiger partial charge in [0.1, 0.15) is 18.5 Å². The first-order valence-electron chi connectivity index (χ1n) is 10.2. The average Bonchev–Trinajstić information content (AvgIpc) is 3.47. The summed E-state index contributed by atoms with van der Waals surface area (Å²) in [5.41, 5.74) is 1.08. The van der Waals surface area contributed by atoms with Crippen LogP contribution in [0.1, 0.15) is 36.2 Å². The second-order valence-corrected chi connectivity index (χ2v) is 7.63. The molecule has 10 nitrogen and oxygen atoms in total. The van der Waals surface area contributed by atoms with Crippen molar-refractivity contribution in [1.29, 1.82) is 0 Å². The highest BCUT2D eigenvalue weighted by molar-refractivity contribution is 14.0. The topological polar surface area (TPSA) is 94.6 Å². The molecule has 0 saturated carbocycles. The third kappa shape index (κ3) is 5.49. The summed E-state index contributed by atoms with van der Waals surface area (Å²) in [7, 11) is 3.88. The molecule has 0 bridgehead atoms. The van der Waals surface area contributed by atoms with E-state index in [-0.39, 0.29) is 36.2 Å². The minimum absolute atomic E-state index is 0. The highest BCUT2D eigenvalue weighted by Gasteiger charge is 2.26. The van der Waals surface area contributed by atoms with E-state index in [1.165, 1.54) is 0 Å². The quantitative estimate of drug-likeness (QED) is 0.353. The number of nitrogens with zero attached hydrogens (tertiary/aromatic N) is 7. The molecule has 2 aromatic rings. The minimum Gasteiger partial charge on any atom is -0.376 e. The van der Waals surface area contributed by atoms with Gasteiger partial charge in [-0.1, -0.05) is 0 Å². The van der Waals surface area contributed by atoms with Crippen LogP contribution in [0.15, 0.2) is 17.4 Å².